The van der Waals surface area contributed by atoms with Gasteiger partial charge in [0.1, 0.15) is 11.1 Å². The summed E-state index contributed by atoms with van der Waals surface area (Å²) in [6.07, 6.45) is 2.03. The highest BCUT2D eigenvalue weighted by molar-refractivity contribution is 5.80. The first-order valence-corrected chi connectivity index (χ1v) is 4.32. The quantitative estimate of drug-likeness (QED) is 0.537. The second-order valence-corrected chi connectivity index (χ2v) is 4.41. The van der Waals surface area contributed by atoms with Crippen LogP contribution in [0.25, 0.3) is 0 Å². The van der Waals surface area contributed by atoms with Gasteiger partial charge in [-0.15, -0.1) is 6.58 Å². The van der Waals surface area contributed by atoms with Crippen LogP contribution in [-0.2, 0) is 9.53 Å². The van der Waals surface area contributed by atoms with Crippen LogP contribution in [-0.4, -0.2) is 17.1 Å². The van der Waals surface area contributed by atoms with Gasteiger partial charge < -0.3 is 10.5 Å². The van der Waals surface area contributed by atoms with E-state index in [0.29, 0.717) is 6.42 Å². The Morgan fingerprint density at radius 2 is 1.92 bits per heavy atom. The van der Waals surface area contributed by atoms with Crippen LogP contribution in [0, 0.1) is 0 Å². The third kappa shape index (κ3) is 4.68. The first-order valence-electron chi connectivity index (χ1n) is 4.32. The maximum Gasteiger partial charge on any atom is 0.326 e. The van der Waals surface area contributed by atoms with Gasteiger partial charge in [-0.3, -0.25) is 4.79 Å². The van der Waals surface area contributed by atoms with Crippen molar-refractivity contribution in [1.82, 2.24) is 0 Å². The summed E-state index contributed by atoms with van der Waals surface area (Å²) in [6, 6.07) is 0. The largest absolute Gasteiger partial charge is 0.459 e. The molecule has 0 aromatic heterocycles. The molecule has 0 aromatic rings. The monoisotopic (exact) mass is 185 g/mol. The van der Waals surface area contributed by atoms with Crippen LogP contribution in [0.2, 0.25) is 0 Å². The second-order valence-electron chi connectivity index (χ2n) is 4.41. The number of ether oxygens (including phenoxy) is 1. The van der Waals surface area contributed by atoms with Crippen LogP contribution in [0.15, 0.2) is 12.7 Å². The average Bonchev–Trinajstić information content (AvgIpc) is 1.82. The molecule has 0 amide bonds. The summed E-state index contributed by atoms with van der Waals surface area (Å²) in [5.41, 5.74) is 4.28. The van der Waals surface area contributed by atoms with Crippen molar-refractivity contribution < 1.29 is 9.53 Å². The summed E-state index contributed by atoms with van der Waals surface area (Å²) in [5, 5.41) is 0. The Hall–Kier alpha value is -0.830. The first-order chi connectivity index (χ1) is 5.69. The minimum absolute atomic E-state index is 0.389. The molecule has 0 aromatic carbocycles. The molecule has 0 bridgehead atoms. The van der Waals surface area contributed by atoms with Crippen molar-refractivity contribution >= 4 is 5.97 Å². The molecule has 0 rings (SSSR count). The summed E-state index contributed by atoms with van der Waals surface area (Å²) in [6.45, 7) is 10.6. The molecule has 2 N–H and O–H groups in total. The molecule has 0 saturated carbocycles. The lowest BCUT2D eigenvalue weighted by Gasteiger charge is -2.27. The van der Waals surface area contributed by atoms with E-state index in [1.165, 1.54) is 0 Å². The highest BCUT2D eigenvalue weighted by Crippen LogP contribution is 2.15. The van der Waals surface area contributed by atoms with Crippen LogP contribution < -0.4 is 5.73 Å². The van der Waals surface area contributed by atoms with E-state index in [0.717, 1.165) is 0 Å². The van der Waals surface area contributed by atoms with E-state index in [1.807, 2.05) is 20.8 Å². The van der Waals surface area contributed by atoms with E-state index in [2.05, 4.69) is 6.58 Å². The van der Waals surface area contributed by atoms with Gasteiger partial charge in [0.25, 0.3) is 0 Å². The van der Waals surface area contributed by atoms with E-state index in [4.69, 9.17) is 10.5 Å². The zero-order valence-electron chi connectivity index (χ0n) is 8.89. The number of nitrogens with two attached hydrogens (primary N) is 1. The molecule has 1 atom stereocenters. The van der Waals surface area contributed by atoms with E-state index in [9.17, 15) is 4.79 Å². The minimum atomic E-state index is -0.963. The number of rotatable bonds is 3. The molecule has 13 heavy (non-hydrogen) atoms. The number of carbonyl (C=O) groups excluding carboxylic acids is 1. The number of carbonyl (C=O) groups is 1. The number of hydrogen-bond acceptors (Lipinski definition) is 3. The fraction of sp³-hybridized carbons (Fsp3) is 0.700. The van der Waals surface area contributed by atoms with Crippen molar-refractivity contribution in [2.24, 2.45) is 5.73 Å². The normalized spacial score (nSPS) is 16.1. The predicted octanol–water partition coefficient (Wildman–Crippen LogP) is 1.62. The molecule has 0 aliphatic carbocycles. The van der Waals surface area contributed by atoms with Gasteiger partial charge in [-0.2, -0.15) is 0 Å². The van der Waals surface area contributed by atoms with Gasteiger partial charge in [0.2, 0.25) is 0 Å². The zero-order valence-corrected chi connectivity index (χ0v) is 8.89. The molecule has 0 spiro atoms. The third-order valence-electron chi connectivity index (χ3n) is 1.43. The molecule has 0 radical (unpaired) electrons. The Bertz CT molecular complexity index is 201. The Morgan fingerprint density at radius 3 is 2.23 bits per heavy atom. The predicted molar refractivity (Wildman–Crippen MR) is 53.3 cm³/mol. The minimum Gasteiger partial charge on any atom is -0.459 e. The van der Waals surface area contributed by atoms with E-state index < -0.39 is 11.1 Å². The first kappa shape index (κ1) is 12.2. The molecule has 0 saturated heterocycles. The second kappa shape index (κ2) is 3.92. The fourth-order valence-corrected chi connectivity index (χ4v) is 0.778. The van der Waals surface area contributed by atoms with Gasteiger partial charge in [0.15, 0.2) is 0 Å². The average molecular weight is 185 g/mol. The van der Waals surface area contributed by atoms with Crippen molar-refractivity contribution in [1.29, 1.82) is 0 Å². The summed E-state index contributed by atoms with van der Waals surface area (Å²) in [4.78, 5) is 11.5. The van der Waals surface area contributed by atoms with Crippen molar-refractivity contribution in [3.05, 3.63) is 12.7 Å². The molecule has 0 fully saturated rings. The molecular weight excluding hydrogens is 166 g/mol. The number of hydrogen-bond donors (Lipinski definition) is 1. The highest BCUT2D eigenvalue weighted by atomic mass is 16.6. The van der Waals surface area contributed by atoms with Gasteiger partial charge in [-0.1, -0.05) is 6.08 Å². The highest BCUT2D eigenvalue weighted by Gasteiger charge is 2.31. The Balaban J connectivity index is 4.33. The summed E-state index contributed by atoms with van der Waals surface area (Å²) >= 11 is 0. The van der Waals surface area contributed by atoms with Crippen molar-refractivity contribution in [3.63, 3.8) is 0 Å². The van der Waals surface area contributed by atoms with Crippen LogP contribution in [0.3, 0.4) is 0 Å². The maximum absolute atomic E-state index is 11.5. The summed E-state index contributed by atoms with van der Waals surface area (Å²) in [5.74, 6) is -0.389. The van der Waals surface area contributed by atoms with Gasteiger partial charge in [-0.25, -0.2) is 0 Å². The Morgan fingerprint density at radius 1 is 1.46 bits per heavy atom. The van der Waals surface area contributed by atoms with E-state index in [-0.39, 0.29) is 5.97 Å². The van der Waals surface area contributed by atoms with Crippen molar-refractivity contribution in [2.75, 3.05) is 0 Å². The summed E-state index contributed by atoms with van der Waals surface area (Å²) < 4.78 is 5.14. The van der Waals surface area contributed by atoms with Gasteiger partial charge in [0.05, 0.1) is 0 Å². The van der Waals surface area contributed by atoms with Crippen LogP contribution in [0.5, 0.6) is 0 Å². The molecule has 3 heteroatoms. The third-order valence-corrected chi connectivity index (χ3v) is 1.43. The topological polar surface area (TPSA) is 52.3 Å². The molecule has 3 nitrogen and oxygen atoms in total. The van der Waals surface area contributed by atoms with E-state index in [1.54, 1.807) is 13.0 Å². The summed E-state index contributed by atoms with van der Waals surface area (Å²) in [7, 11) is 0. The lowest BCUT2D eigenvalue weighted by molar-refractivity contribution is -0.160. The molecule has 0 aliphatic heterocycles. The zero-order chi connectivity index (χ0) is 10.7. The Labute approximate surface area is 79.9 Å². The molecular formula is C10H19NO2. The van der Waals surface area contributed by atoms with Crippen molar-refractivity contribution in [2.45, 2.75) is 45.3 Å². The lowest BCUT2D eigenvalue weighted by atomic mass is 9.99. The Kier molecular flexibility index (Phi) is 3.67. The van der Waals surface area contributed by atoms with Gasteiger partial charge >= 0.3 is 5.97 Å². The molecule has 0 aliphatic rings. The van der Waals surface area contributed by atoms with Crippen LogP contribution in [0.1, 0.15) is 34.1 Å². The molecule has 76 valence electrons. The maximum atomic E-state index is 11.5. The number of esters is 1. The lowest BCUT2D eigenvalue weighted by Crippen LogP contribution is -2.48. The fourth-order valence-electron chi connectivity index (χ4n) is 0.778. The smallest absolute Gasteiger partial charge is 0.326 e. The molecule has 0 unspecified atom stereocenters. The van der Waals surface area contributed by atoms with Gasteiger partial charge in [0, 0.05) is 0 Å². The van der Waals surface area contributed by atoms with E-state index >= 15 is 0 Å². The van der Waals surface area contributed by atoms with Crippen LogP contribution >= 0.6 is 0 Å². The molecule has 0 heterocycles. The SMILES string of the molecule is C=CC[C@@](C)(N)C(=O)OC(C)(C)C. The van der Waals surface area contributed by atoms with Gasteiger partial charge in [-0.05, 0) is 34.1 Å². The van der Waals surface area contributed by atoms with Crippen LogP contribution in [0.4, 0.5) is 0 Å². The standard InChI is InChI=1S/C10H19NO2/c1-6-7-10(5,11)8(12)13-9(2,3)4/h6H,1,7,11H2,2-5H3/t10-/m1/s1. The van der Waals surface area contributed by atoms with Crippen molar-refractivity contribution in [3.8, 4) is 0 Å².